The van der Waals surface area contributed by atoms with Crippen LogP contribution < -0.4 is 5.46 Å². The Morgan fingerprint density at radius 2 is 1.62 bits per heavy atom. The van der Waals surface area contributed by atoms with Crippen molar-refractivity contribution in [2.75, 3.05) is 0 Å². The van der Waals surface area contributed by atoms with Crippen molar-refractivity contribution < 1.29 is 9.31 Å². The van der Waals surface area contributed by atoms with Crippen molar-refractivity contribution in [3.63, 3.8) is 0 Å². The molecule has 0 atom stereocenters. The second-order valence-corrected chi connectivity index (χ2v) is 6.27. The Bertz CT molecular complexity index is 628. The molecule has 1 aliphatic heterocycles. The van der Waals surface area contributed by atoms with Crippen LogP contribution in [0.4, 0.5) is 0 Å². The van der Waals surface area contributed by atoms with Gasteiger partial charge in [0, 0.05) is 29.6 Å². The first-order chi connectivity index (χ1) is 9.91. The third-order valence-corrected chi connectivity index (χ3v) is 4.28. The first kappa shape index (κ1) is 14.2. The van der Waals surface area contributed by atoms with Crippen LogP contribution in [0.3, 0.4) is 0 Å². The Morgan fingerprint density at radius 3 is 2.24 bits per heavy atom. The van der Waals surface area contributed by atoms with Gasteiger partial charge in [0.2, 0.25) is 0 Å². The molecule has 3 heterocycles. The van der Waals surface area contributed by atoms with Gasteiger partial charge in [0.1, 0.15) is 0 Å². The molecule has 5 heteroatoms. The summed E-state index contributed by atoms with van der Waals surface area (Å²) < 4.78 is 12.3. The van der Waals surface area contributed by atoms with Gasteiger partial charge in [-0.3, -0.25) is 9.97 Å². The normalized spacial score (nSPS) is 19.7. The molecule has 0 unspecified atom stereocenters. The molecule has 0 amide bonds. The van der Waals surface area contributed by atoms with Gasteiger partial charge < -0.3 is 9.31 Å². The van der Waals surface area contributed by atoms with Crippen LogP contribution in [0.5, 0.6) is 0 Å². The Kier molecular flexibility index (Phi) is 3.34. The molecule has 0 aliphatic carbocycles. The van der Waals surface area contributed by atoms with Crippen molar-refractivity contribution in [2.45, 2.75) is 38.9 Å². The van der Waals surface area contributed by atoms with E-state index in [0.717, 1.165) is 16.7 Å². The van der Waals surface area contributed by atoms with Gasteiger partial charge in [0.15, 0.2) is 0 Å². The van der Waals surface area contributed by atoms with E-state index in [9.17, 15) is 0 Å². The summed E-state index contributed by atoms with van der Waals surface area (Å²) in [6.07, 6.45) is 5.33. The predicted octanol–water partition coefficient (Wildman–Crippen LogP) is 2.44. The maximum atomic E-state index is 6.13. The summed E-state index contributed by atoms with van der Waals surface area (Å²) in [5.41, 5.74) is 2.02. The monoisotopic (exact) mass is 282 g/mol. The SMILES string of the molecule is CC1(C)OB(c2cccnc2-c2cccnc2)OC1(C)C. The van der Waals surface area contributed by atoms with Crippen LogP contribution in [-0.2, 0) is 9.31 Å². The van der Waals surface area contributed by atoms with E-state index in [1.54, 1.807) is 18.6 Å². The van der Waals surface area contributed by atoms with Crippen molar-refractivity contribution in [1.29, 1.82) is 0 Å². The molecule has 2 aromatic heterocycles. The van der Waals surface area contributed by atoms with Crippen LogP contribution in [0.25, 0.3) is 11.3 Å². The van der Waals surface area contributed by atoms with Crippen LogP contribution in [0.1, 0.15) is 27.7 Å². The molecular weight excluding hydrogens is 263 g/mol. The maximum absolute atomic E-state index is 6.13. The number of nitrogens with zero attached hydrogens (tertiary/aromatic N) is 2. The van der Waals surface area contributed by atoms with Crippen molar-refractivity contribution in [3.05, 3.63) is 42.9 Å². The minimum Gasteiger partial charge on any atom is -0.399 e. The molecule has 0 radical (unpaired) electrons. The quantitative estimate of drug-likeness (QED) is 0.794. The van der Waals surface area contributed by atoms with E-state index < -0.39 is 7.12 Å². The molecule has 0 spiro atoms. The minimum atomic E-state index is -0.418. The van der Waals surface area contributed by atoms with Crippen LogP contribution in [0.2, 0.25) is 0 Å². The van der Waals surface area contributed by atoms with Gasteiger partial charge in [0.25, 0.3) is 0 Å². The Balaban J connectivity index is 2.02. The zero-order chi connectivity index (χ0) is 15.1. The van der Waals surface area contributed by atoms with E-state index in [1.807, 2.05) is 52.0 Å². The van der Waals surface area contributed by atoms with E-state index in [1.165, 1.54) is 0 Å². The fourth-order valence-electron chi connectivity index (χ4n) is 2.32. The third kappa shape index (κ3) is 2.47. The fraction of sp³-hybridized carbons (Fsp3) is 0.375. The highest BCUT2D eigenvalue weighted by atomic mass is 16.7. The summed E-state index contributed by atoms with van der Waals surface area (Å²) >= 11 is 0. The summed E-state index contributed by atoms with van der Waals surface area (Å²) in [7, 11) is -0.418. The first-order valence-corrected chi connectivity index (χ1v) is 7.12. The summed E-state index contributed by atoms with van der Waals surface area (Å²) in [5.74, 6) is 0. The Labute approximate surface area is 125 Å². The maximum Gasteiger partial charge on any atom is 0.497 e. The van der Waals surface area contributed by atoms with Gasteiger partial charge in [-0.2, -0.15) is 0 Å². The van der Waals surface area contributed by atoms with Crippen molar-refractivity contribution >= 4 is 12.6 Å². The average molecular weight is 282 g/mol. The second kappa shape index (κ2) is 4.93. The van der Waals surface area contributed by atoms with Gasteiger partial charge in [-0.25, -0.2) is 0 Å². The molecule has 0 aromatic carbocycles. The zero-order valence-electron chi connectivity index (χ0n) is 12.8. The van der Waals surface area contributed by atoms with Gasteiger partial charge in [0.05, 0.1) is 16.9 Å². The first-order valence-electron chi connectivity index (χ1n) is 7.12. The number of aromatic nitrogens is 2. The van der Waals surface area contributed by atoms with Crippen molar-refractivity contribution in [3.8, 4) is 11.3 Å². The molecule has 108 valence electrons. The third-order valence-electron chi connectivity index (χ3n) is 4.28. The summed E-state index contributed by atoms with van der Waals surface area (Å²) in [6.45, 7) is 8.19. The molecule has 0 N–H and O–H groups in total. The van der Waals surface area contributed by atoms with Gasteiger partial charge >= 0.3 is 7.12 Å². The minimum absolute atomic E-state index is 0.361. The number of rotatable bonds is 2. The lowest BCUT2D eigenvalue weighted by Crippen LogP contribution is -2.41. The van der Waals surface area contributed by atoms with E-state index >= 15 is 0 Å². The van der Waals surface area contributed by atoms with Crippen molar-refractivity contribution in [2.24, 2.45) is 0 Å². The fourth-order valence-corrected chi connectivity index (χ4v) is 2.32. The molecule has 1 fully saturated rings. The van der Waals surface area contributed by atoms with E-state index in [-0.39, 0.29) is 11.2 Å². The number of pyridine rings is 2. The van der Waals surface area contributed by atoms with E-state index in [4.69, 9.17) is 9.31 Å². The summed E-state index contributed by atoms with van der Waals surface area (Å²) in [5, 5.41) is 0. The molecule has 1 saturated heterocycles. The lowest BCUT2D eigenvalue weighted by Gasteiger charge is -2.32. The molecule has 3 rings (SSSR count). The van der Waals surface area contributed by atoms with Crippen LogP contribution in [0, 0.1) is 0 Å². The zero-order valence-corrected chi connectivity index (χ0v) is 12.8. The smallest absolute Gasteiger partial charge is 0.399 e. The van der Waals surface area contributed by atoms with E-state index in [0.29, 0.717) is 0 Å². The molecule has 0 bridgehead atoms. The van der Waals surface area contributed by atoms with Crippen molar-refractivity contribution in [1.82, 2.24) is 9.97 Å². The van der Waals surface area contributed by atoms with E-state index in [2.05, 4.69) is 9.97 Å². The number of hydrogen-bond acceptors (Lipinski definition) is 4. The second-order valence-electron chi connectivity index (χ2n) is 6.27. The van der Waals surface area contributed by atoms with Crippen LogP contribution >= 0.6 is 0 Å². The van der Waals surface area contributed by atoms with Gasteiger partial charge in [-0.1, -0.05) is 6.07 Å². The highest BCUT2D eigenvalue weighted by Crippen LogP contribution is 2.37. The average Bonchev–Trinajstić information content (AvgIpc) is 2.68. The Hall–Kier alpha value is -1.72. The highest BCUT2D eigenvalue weighted by molar-refractivity contribution is 6.63. The van der Waals surface area contributed by atoms with Gasteiger partial charge in [-0.05, 0) is 45.9 Å². The summed E-state index contributed by atoms with van der Waals surface area (Å²) in [6, 6.07) is 7.79. The molecule has 21 heavy (non-hydrogen) atoms. The van der Waals surface area contributed by atoms with Crippen LogP contribution in [0.15, 0.2) is 42.9 Å². The molecule has 1 aliphatic rings. The highest BCUT2D eigenvalue weighted by Gasteiger charge is 2.52. The lowest BCUT2D eigenvalue weighted by molar-refractivity contribution is 0.00578. The standard InChI is InChI=1S/C16H19BN2O2/c1-15(2)16(3,4)21-17(20-15)13-8-6-10-19-14(13)12-7-5-9-18-11-12/h5-11H,1-4H3. The Morgan fingerprint density at radius 1 is 0.952 bits per heavy atom. The molecule has 2 aromatic rings. The van der Waals surface area contributed by atoms with Gasteiger partial charge in [-0.15, -0.1) is 0 Å². The summed E-state index contributed by atoms with van der Waals surface area (Å²) in [4.78, 5) is 8.65. The molecular formula is C16H19BN2O2. The van der Waals surface area contributed by atoms with Crippen LogP contribution in [-0.4, -0.2) is 28.3 Å². The molecule has 4 nitrogen and oxygen atoms in total. The number of hydrogen-bond donors (Lipinski definition) is 0. The molecule has 0 saturated carbocycles. The largest absolute Gasteiger partial charge is 0.497 e. The topological polar surface area (TPSA) is 44.2 Å². The lowest BCUT2D eigenvalue weighted by atomic mass is 9.76. The predicted molar refractivity (Wildman–Crippen MR) is 83.2 cm³/mol.